The number of fused-ring (bicyclic) bond motifs is 1. The highest BCUT2D eigenvalue weighted by Crippen LogP contribution is 2.44. The zero-order valence-electron chi connectivity index (χ0n) is 14.8. The number of hydrogen-bond acceptors (Lipinski definition) is 3. The maximum atomic E-state index is 12.5. The average Bonchev–Trinajstić information content (AvgIpc) is 2.53. The zero-order valence-corrected chi connectivity index (χ0v) is 14.8. The molecule has 2 aliphatic heterocycles. The van der Waals surface area contributed by atoms with Gasteiger partial charge in [0.15, 0.2) is 0 Å². The molecule has 1 aromatic rings. The van der Waals surface area contributed by atoms with Crippen molar-refractivity contribution in [2.75, 3.05) is 13.1 Å². The maximum absolute atomic E-state index is 12.5. The van der Waals surface area contributed by atoms with Crippen LogP contribution in [-0.4, -0.2) is 35.4 Å². The van der Waals surface area contributed by atoms with Crippen LogP contribution in [0.25, 0.3) is 0 Å². The lowest BCUT2D eigenvalue weighted by Crippen LogP contribution is -2.53. The molecule has 2 amide bonds. The van der Waals surface area contributed by atoms with Gasteiger partial charge in [-0.2, -0.15) is 0 Å². The summed E-state index contributed by atoms with van der Waals surface area (Å²) in [6.45, 7) is 3.07. The molecule has 5 heteroatoms. The summed E-state index contributed by atoms with van der Waals surface area (Å²) < 4.78 is 6.41. The van der Waals surface area contributed by atoms with Gasteiger partial charge in [-0.05, 0) is 18.9 Å². The molecule has 1 aliphatic carbocycles. The van der Waals surface area contributed by atoms with Gasteiger partial charge in [0.25, 0.3) is 0 Å². The van der Waals surface area contributed by atoms with Gasteiger partial charge >= 0.3 is 0 Å². The minimum Gasteiger partial charge on any atom is -0.487 e. The molecular weight excluding hydrogens is 316 g/mol. The van der Waals surface area contributed by atoms with Crippen LogP contribution in [0, 0.1) is 5.92 Å². The molecule has 3 aliphatic rings. The van der Waals surface area contributed by atoms with Crippen LogP contribution < -0.4 is 10.1 Å². The summed E-state index contributed by atoms with van der Waals surface area (Å²) >= 11 is 0. The number of amides is 2. The van der Waals surface area contributed by atoms with Crippen molar-refractivity contribution in [1.82, 2.24) is 10.2 Å². The molecule has 2 heterocycles. The number of piperidine rings is 1. The van der Waals surface area contributed by atoms with Crippen molar-refractivity contribution in [2.24, 2.45) is 5.92 Å². The topological polar surface area (TPSA) is 58.6 Å². The summed E-state index contributed by atoms with van der Waals surface area (Å²) in [6.07, 6.45) is 5.60. The van der Waals surface area contributed by atoms with E-state index in [4.69, 9.17) is 4.74 Å². The van der Waals surface area contributed by atoms with Gasteiger partial charge in [0.1, 0.15) is 11.4 Å². The molecular formula is C20H26N2O3. The van der Waals surface area contributed by atoms with Crippen LogP contribution in [0.1, 0.15) is 57.1 Å². The molecule has 1 N–H and O–H groups in total. The number of carbonyl (C=O) groups is 2. The van der Waals surface area contributed by atoms with Gasteiger partial charge in [0.05, 0.1) is 6.04 Å². The van der Waals surface area contributed by atoms with Gasteiger partial charge in [-0.25, -0.2) is 0 Å². The molecule has 134 valence electrons. The van der Waals surface area contributed by atoms with E-state index in [1.807, 2.05) is 23.1 Å². The number of likely N-dealkylation sites (tertiary alicyclic amines) is 1. The molecule has 0 bridgehead atoms. The summed E-state index contributed by atoms with van der Waals surface area (Å²) in [7, 11) is 0. The van der Waals surface area contributed by atoms with Crippen LogP contribution in [0.4, 0.5) is 0 Å². The molecule has 2 fully saturated rings. The molecule has 0 radical (unpaired) electrons. The SMILES string of the molecule is CC(=O)N1CCC2(CC1)CC(NC(=O)C1CCC1)c1ccccc1O2. The molecule has 1 aromatic carbocycles. The second-order valence-corrected chi connectivity index (χ2v) is 7.72. The number of nitrogens with zero attached hydrogens (tertiary/aromatic N) is 1. The fraction of sp³-hybridized carbons (Fsp3) is 0.600. The minimum absolute atomic E-state index is 0.00179. The van der Waals surface area contributed by atoms with Crippen molar-refractivity contribution in [2.45, 2.75) is 57.1 Å². The largest absolute Gasteiger partial charge is 0.487 e. The number of para-hydroxylation sites is 1. The highest BCUT2D eigenvalue weighted by Gasteiger charge is 2.44. The number of ether oxygens (including phenoxy) is 1. The number of nitrogens with one attached hydrogen (secondary N) is 1. The Kier molecular flexibility index (Phi) is 4.18. The number of hydrogen-bond donors (Lipinski definition) is 1. The summed E-state index contributed by atoms with van der Waals surface area (Å²) in [4.78, 5) is 26.0. The summed E-state index contributed by atoms with van der Waals surface area (Å²) in [5.74, 6) is 1.37. The Morgan fingerprint density at radius 3 is 2.56 bits per heavy atom. The molecule has 1 unspecified atom stereocenters. The van der Waals surface area contributed by atoms with Crippen LogP contribution in [0.15, 0.2) is 24.3 Å². The van der Waals surface area contributed by atoms with Crippen LogP contribution >= 0.6 is 0 Å². The van der Waals surface area contributed by atoms with Crippen molar-refractivity contribution in [1.29, 1.82) is 0 Å². The van der Waals surface area contributed by atoms with Gasteiger partial charge < -0.3 is 15.0 Å². The van der Waals surface area contributed by atoms with E-state index < -0.39 is 0 Å². The Bertz CT molecular complexity index is 675. The summed E-state index contributed by atoms with van der Waals surface area (Å²) in [6, 6.07) is 8.03. The van der Waals surface area contributed by atoms with Crippen molar-refractivity contribution in [3.05, 3.63) is 29.8 Å². The lowest BCUT2D eigenvalue weighted by Gasteiger charge is -2.47. The summed E-state index contributed by atoms with van der Waals surface area (Å²) in [5, 5.41) is 3.28. The first-order valence-electron chi connectivity index (χ1n) is 9.40. The minimum atomic E-state index is -0.280. The third-order valence-electron chi connectivity index (χ3n) is 6.11. The van der Waals surface area contributed by atoms with E-state index in [-0.39, 0.29) is 29.4 Å². The standard InChI is InChI=1S/C20H26N2O3/c1-14(23)22-11-9-20(10-12-22)13-17(21-19(24)15-5-4-6-15)16-7-2-3-8-18(16)25-20/h2-3,7-8,15,17H,4-6,9-13H2,1H3,(H,21,24). The van der Waals surface area contributed by atoms with Gasteiger partial charge in [0, 0.05) is 50.8 Å². The van der Waals surface area contributed by atoms with Crippen LogP contribution in [0.3, 0.4) is 0 Å². The van der Waals surface area contributed by atoms with Gasteiger partial charge in [-0.3, -0.25) is 9.59 Å². The van der Waals surface area contributed by atoms with Crippen LogP contribution in [0.5, 0.6) is 5.75 Å². The Morgan fingerprint density at radius 1 is 1.20 bits per heavy atom. The van der Waals surface area contributed by atoms with E-state index in [0.29, 0.717) is 0 Å². The third kappa shape index (κ3) is 3.12. The van der Waals surface area contributed by atoms with Crippen LogP contribution in [-0.2, 0) is 9.59 Å². The monoisotopic (exact) mass is 342 g/mol. The number of rotatable bonds is 2. The third-order valence-corrected chi connectivity index (χ3v) is 6.11. The highest BCUT2D eigenvalue weighted by molar-refractivity contribution is 5.80. The smallest absolute Gasteiger partial charge is 0.223 e. The number of benzene rings is 1. The molecule has 1 saturated heterocycles. The van der Waals surface area contributed by atoms with Crippen molar-refractivity contribution in [3.8, 4) is 5.75 Å². The molecule has 4 rings (SSSR count). The van der Waals surface area contributed by atoms with E-state index in [0.717, 1.165) is 62.9 Å². The Morgan fingerprint density at radius 2 is 1.92 bits per heavy atom. The van der Waals surface area contributed by atoms with E-state index >= 15 is 0 Å². The lowest BCUT2D eigenvalue weighted by atomic mass is 9.79. The fourth-order valence-corrected chi connectivity index (χ4v) is 4.24. The predicted octanol–water partition coefficient (Wildman–Crippen LogP) is 2.81. The molecule has 5 nitrogen and oxygen atoms in total. The van der Waals surface area contributed by atoms with Gasteiger partial charge in [-0.15, -0.1) is 0 Å². The lowest BCUT2D eigenvalue weighted by molar-refractivity contribution is -0.133. The number of carbonyl (C=O) groups excluding carboxylic acids is 2. The van der Waals surface area contributed by atoms with Gasteiger partial charge in [0.2, 0.25) is 11.8 Å². The Hall–Kier alpha value is -2.04. The second-order valence-electron chi connectivity index (χ2n) is 7.72. The molecule has 1 saturated carbocycles. The van der Waals surface area contributed by atoms with E-state index in [9.17, 15) is 9.59 Å². The maximum Gasteiger partial charge on any atom is 0.223 e. The first-order chi connectivity index (χ1) is 12.1. The van der Waals surface area contributed by atoms with Crippen LogP contribution in [0.2, 0.25) is 0 Å². The molecule has 1 atom stereocenters. The molecule has 25 heavy (non-hydrogen) atoms. The Labute approximate surface area is 148 Å². The van der Waals surface area contributed by atoms with E-state index in [2.05, 4.69) is 11.4 Å². The Balaban J connectivity index is 1.54. The molecule has 1 spiro atoms. The highest BCUT2D eigenvalue weighted by atomic mass is 16.5. The van der Waals surface area contributed by atoms with Crippen molar-refractivity contribution in [3.63, 3.8) is 0 Å². The second kappa shape index (κ2) is 6.36. The molecule has 0 aromatic heterocycles. The predicted molar refractivity (Wildman–Crippen MR) is 94.1 cm³/mol. The van der Waals surface area contributed by atoms with Crippen molar-refractivity contribution < 1.29 is 14.3 Å². The van der Waals surface area contributed by atoms with Crippen molar-refractivity contribution >= 4 is 11.8 Å². The zero-order chi connectivity index (χ0) is 17.4. The quantitative estimate of drug-likeness (QED) is 0.899. The normalized spacial score (nSPS) is 24.8. The van der Waals surface area contributed by atoms with E-state index in [1.165, 1.54) is 0 Å². The fourth-order valence-electron chi connectivity index (χ4n) is 4.24. The average molecular weight is 342 g/mol. The van der Waals surface area contributed by atoms with Gasteiger partial charge in [-0.1, -0.05) is 24.6 Å². The first-order valence-corrected chi connectivity index (χ1v) is 9.40. The summed E-state index contributed by atoms with van der Waals surface area (Å²) in [5.41, 5.74) is 0.799. The first kappa shape index (κ1) is 16.4. The van der Waals surface area contributed by atoms with E-state index in [1.54, 1.807) is 6.92 Å².